The summed E-state index contributed by atoms with van der Waals surface area (Å²) >= 11 is 1.38. The van der Waals surface area contributed by atoms with Crippen LogP contribution in [0.15, 0.2) is 78.0 Å². The van der Waals surface area contributed by atoms with Gasteiger partial charge in [0.1, 0.15) is 0 Å². The van der Waals surface area contributed by atoms with Gasteiger partial charge in [-0.1, -0.05) is 77.5 Å². The normalized spacial score (nSPS) is 10.8. The number of nitrogens with one attached hydrogen (secondary N) is 1. The van der Waals surface area contributed by atoms with Crippen molar-refractivity contribution >= 4 is 23.4 Å². The summed E-state index contributed by atoms with van der Waals surface area (Å²) in [4.78, 5) is 12.6. The van der Waals surface area contributed by atoms with Crippen molar-refractivity contribution in [3.8, 4) is 17.1 Å². The topological polar surface area (TPSA) is 59.8 Å². The zero-order valence-electron chi connectivity index (χ0n) is 17.8. The maximum absolute atomic E-state index is 12.6. The molecule has 5 nitrogen and oxygen atoms in total. The van der Waals surface area contributed by atoms with Crippen LogP contribution in [0.1, 0.15) is 16.7 Å². The predicted octanol–water partition coefficient (Wildman–Crippen LogP) is 5.59. The molecule has 4 rings (SSSR count). The molecule has 1 N–H and O–H groups in total. The Kier molecular flexibility index (Phi) is 6.18. The molecule has 0 fully saturated rings. The predicted molar refractivity (Wildman–Crippen MR) is 127 cm³/mol. The van der Waals surface area contributed by atoms with Crippen LogP contribution in [0.25, 0.3) is 17.1 Å². The second kappa shape index (κ2) is 9.18. The molecular formula is C25H24N4OS. The van der Waals surface area contributed by atoms with E-state index in [1.165, 1.54) is 22.9 Å². The number of thioether (sulfide) groups is 1. The summed E-state index contributed by atoms with van der Waals surface area (Å²) in [5.74, 6) is 0.921. The molecule has 0 saturated heterocycles. The van der Waals surface area contributed by atoms with E-state index in [1.807, 2.05) is 73.0 Å². The SMILES string of the molecule is Cc1ccc(-n2c(SCC(=O)Nc3ccc(C)cc3C)nnc2-c2ccccc2)cc1. The quantitative estimate of drug-likeness (QED) is 0.407. The van der Waals surface area contributed by atoms with Gasteiger partial charge in [0.05, 0.1) is 5.75 Å². The number of rotatable bonds is 6. The molecule has 0 aliphatic carbocycles. The van der Waals surface area contributed by atoms with Gasteiger partial charge in [-0.25, -0.2) is 0 Å². The first-order valence-corrected chi connectivity index (χ1v) is 11.1. The van der Waals surface area contributed by atoms with Gasteiger partial charge in [-0.2, -0.15) is 0 Å². The summed E-state index contributed by atoms with van der Waals surface area (Å²) < 4.78 is 2.00. The molecule has 0 spiro atoms. The van der Waals surface area contributed by atoms with Crippen molar-refractivity contribution in [1.82, 2.24) is 14.8 Å². The van der Waals surface area contributed by atoms with E-state index in [-0.39, 0.29) is 11.7 Å². The summed E-state index contributed by atoms with van der Waals surface area (Å²) in [6, 6.07) is 24.2. The average Bonchev–Trinajstić information content (AvgIpc) is 3.19. The molecule has 1 amide bonds. The average molecular weight is 429 g/mol. The fourth-order valence-electron chi connectivity index (χ4n) is 3.33. The third kappa shape index (κ3) is 4.86. The van der Waals surface area contributed by atoms with E-state index >= 15 is 0 Å². The first kappa shape index (κ1) is 20.9. The number of carbonyl (C=O) groups excluding carboxylic acids is 1. The smallest absolute Gasteiger partial charge is 0.234 e. The van der Waals surface area contributed by atoms with Gasteiger partial charge < -0.3 is 5.32 Å². The molecule has 1 aromatic heterocycles. The lowest BCUT2D eigenvalue weighted by molar-refractivity contribution is -0.113. The van der Waals surface area contributed by atoms with Crippen LogP contribution in [-0.2, 0) is 4.79 Å². The van der Waals surface area contributed by atoms with Crippen LogP contribution in [0, 0.1) is 20.8 Å². The van der Waals surface area contributed by atoms with Crippen LogP contribution in [0.5, 0.6) is 0 Å². The van der Waals surface area contributed by atoms with Gasteiger partial charge in [-0.05, 0) is 44.5 Å². The first-order chi connectivity index (χ1) is 15.0. The Bertz CT molecular complexity index is 1200. The van der Waals surface area contributed by atoms with E-state index in [0.29, 0.717) is 5.16 Å². The number of hydrogen-bond acceptors (Lipinski definition) is 4. The number of carbonyl (C=O) groups is 1. The van der Waals surface area contributed by atoms with Crippen LogP contribution in [0.2, 0.25) is 0 Å². The summed E-state index contributed by atoms with van der Waals surface area (Å²) in [7, 11) is 0. The molecule has 0 saturated carbocycles. The molecule has 3 aromatic carbocycles. The standard InChI is InChI=1S/C25H24N4OS/c1-17-9-12-21(13-10-17)29-24(20-7-5-4-6-8-20)27-28-25(29)31-16-23(30)26-22-14-11-18(2)15-19(22)3/h4-15H,16H2,1-3H3,(H,26,30). The molecular weight excluding hydrogens is 404 g/mol. The minimum Gasteiger partial charge on any atom is -0.325 e. The lowest BCUT2D eigenvalue weighted by Gasteiger charge is -2.11. The van der Waals surface area contributed by atoms with Gasteiger partial charge >= 0.3 is 0 Å². The zero-order chi connectivity index (χ0) is 21.8. The molecule has 0 atom stereocenters. The lowest BCUT2D eigenvalue weighted by Crippen LogP contribution is -2.15. The monoisotopic (exact) mass is 428 g/mol. The molecule has 1 heterocycles. The number of amides is 1. The largest absolute Gasteiger partial charge is 0.325 e. The highest BCUT2D eigenvalue weighted by Crippen LogP contribution is 2.28. The fraction of sp³-hybridized carbons (Fsp3) is 0.160. The van der Waals surface area contributed by atoms with Gasteiger partial charge in [0.25, 0.3) is 0 Å². The number of aryl methyl sites for hydroxylation is 3. The van der Waals surface area contributed by atoms with Crippen molar-refractivity contribution in [2.45, 2.75) is 25.9 Å². The van der Waals surface area contributed by atoms with Gasteiger partial charge in [-0.3, -0.25) is 9.36 Å². The molecule has 156 valence electrons. The molecule has 0 aliphatic rings. The highest BCUT2D eigenvalue weighted by atomic mass is 32.2. The van der Waals surface area contributed by atoms with Crippen LogP contribution in [0.3, 0.4) is 0 Å². The number of hydrogen-bond donors (Lipinski definition) is 1. The van der Waals surface area contributed by atoms with Crippen molar-refractivity contribution in [1.29, 1.82) is 0 Å². The number of nitrogens with zero attached hydrogens (tertiary/aromatic N) is 3. The Morgan fingerprint density at radius 2 is 1.61 bits per heavy atom. The zero-order valence-corrected chi connectivity index (χ0v) is 18.6. The van der Waals surface area contributed by atoms with E-state index in [2.05, 4.69) is 40.6 Å². The van der Waals surface area contributed by atoms with Crippen molar-refractivity contribution in [3.63, 3.8) is 0 Å². The van der Waals surface area contributed by atoms with Crippen LogP contribution in [-0.4, -0.2) is 26.4 Å². The number of aromatic nitrogens is 3. The van der Waals surface area contributed by atoms with Crippen LogP contribution < -0.4 is 5.32 Å². The number of anilines is 1. The Hall–Kier alpha value is -3.38. The molecule has 0 radical (unpaired) electrons. The van der Waals surface area contributed by atoms with Crippen molar-refractivity contribution in [2.24, 2.45) is 0 Å². The summed E-state index contributed by atoms with van der Waals surface area (Å²) in [6.07, 6.45) is 0. The summed E-state index contributed by atoms with van der Waals surface area (Å²) in [5.41, 5.74) is 6.17. The maximum atomic E-state index is 12.6. The Balaban J connectivity index is 1.58. The molecule has 6 heteroatoms. The van der Waals surface area contributed by atoms with E-state index < -0.39 is 0 Å². The summed E-state index contributed by atoms with van der Waals surface area (Å²) in [5, 5.41) is 12.5. The van der Waals surface area contributed by atoms with Crippen LogP contribution in [0.4, 0.5) is 5.69 Å². The van der Waals surface area contributed by atoms with E-state index in [9.17, 15) is 4.79 Å². The van der Waals surface area contributed by atoms with Gasteiger partial charge in [-0.15, -0.1) is 10.2 Å². The second-order valence-electron chi connectivity index (χ2n) is 7.50. The van der Waals surface area contributed by atoms with Gasteiger partial charge in [0.15, 0.2) is 11.0 Å². The van der Waals surface area contributed by atoms with Crippen molar-refractivity contribution in [3.05, 3.63) is 89.5 Å². The highest BCUT2D eigenvalue weighted by molar-refractivity contribution is 7.99. The minimum absolute atomic E-state index is 0.0725. The maximum Gasteiger partial charge on any atom is 0.234 e. The van der Waals surface area contributed by atoms with Gasteiger partial charge in [0, 0.05) is 16.9 Å². The van der Waals surface area contributed by atoms with Crippen LogP contribution >= 0.6 is 11.8 Å². The molecule has 0 bridgehead atoms. The third-order valence-corrected chi connectivity index (χ3v) is 5.87. The molecule has 0 unspecified atom stereocenters. The van der Waals surface area contributed by atoms with E-state index in [0.717, 1.165) is 28.3 Å². The lowest BCUT2D eigenvalue weighted by atomic mass is 10.1. The molecule has 0 aliphatic heterocycles. The Morgan fingerprint density at radius 1 is 0.903 bits per heavy atom. The molecule has 31 heavy (non-hydrogen) atoms. The van der Waals surface area contributed by atoms with E-state index in [1.54, 1.807) is 0 Å². The third-order valence-electron chi connectivity index (χ3n) is 4.95. The highest BCUT2D eigenvalue weighted by Gasteiger charge is 2.17. The number of benzene rings is 3. The first-order valence-electron chi connectivity index (χ1n) is 10.1. The minimum atomic E-state index is -0.0725. The second-order valence-corrected chi connectivity index (χ2v) is 8.44. The Morgan fingerprint density at radius 3 is 2.32 bits per heavy atom. The van der Waals surface area contributed by atoms with E-state index in [4.69, 9.17) is 0 Å². The summed E-state index contributed by atoms with van der Waals surface area (Å²) in [6.45, 7) is 6.09. The van der Waals surface area contributed by atoms with Crippen molar-refractivity contribution < 1.29 is 4.79 Å². The fourth-order valence-corrected chi connectivity index (χ4v) is 4.09. The van der Waals surface area contributed by atoms with Crippen molar-refractivity contribution in [2.75, 3.05) is 11.1 Å². The Labute approximate surface area is 186 Å². The molecule has 4 aromatic rings. The van der Waals surface area contributed by atoms with Gasteiger partial charge in [0.2, 0.25) is 5.91 Å².